The van der Waals surface area contributed by atoms with Crippen LogP contribution in [-0.4, -0.2) is 29.6 Å². The fraction of sp³-hybridized carbons (Fsp3) is 0.167. The van der Waals surface area contributed by atoms with Gasteiger partial charge in [-0.25, -0.2) is 9.97 Å². The highest BCUT2D eigenvalue weighted by molar-refractivity contribution is 5.95. The van der Waals surface area contributed by atoms with Crippen LogP contribution < -0.4 is 0 Å². The van der Waals surface area contributed by atoms with Crippen LogP contribution in [0.5, 0.6) is 5.75 Å². The van der Waals surface area contributed by atoms with Gasteiger partial charge in [0, 0.05) is 45.9 Å². The van der Waals surface area contributed by atoms with E-state index in [2.05, 4.69) is 131 Å². The second-order valence-electron chi connectivity index (χ2n) is 15.9. The van der Waals surface area contributed by atoms with Crippen molar-refractivity contribution in [3.8, 4) is 67.6 Å². The number of fused-ring (bicyclic) bond motifs is 1. The molecule has 0 bridgehead atoms. The molecule has 6 heteroatoms. The Balaban J connectivity index is 1.25. The van der Waals surface area contributed by atoms with Crippen molar-refractivity contribution in [2.45, 2.75) is 52.4 Å². The molecule has 8 rings (SSSR count). The molecule has 8 aromatic rings. The van der Waals surface area contributed by atoms with Crippen LogP contribution in [0.2, 0.25) is 0 Å². The van der Waals surface area contributed by atoms with Gasteiger partial charge in [0.2, 0.25) is 0 Å². The summed E-state index contributed by atoms with van der Waals surface area (Å²) in [7, 11) is 0. The molecule has 0 saturated heterocycles. The first-order chi connectivity index (χ1) is 26.0. The maximum atomic E-state index is 11.9. The van der Waals surface area contributed by atoms with Crippen LogP contribution in [-0.2, 0) is 10.8 Å². The Hall–Kier alpha value is -6.40. The van der Waals surface area contributed by atoms with Crippen LogP contribution in [0.1, 0.15) is 52.8 Å². The average Bonchev–Trinajstić information content (AvgIpc) is 3.57. The number of benzene rings is 4. The van der Waals surface area contributed by atoms with E-state index in [1.807, 2.05) is 61.1 Å². The van der Waals surface area contributed by atoms with Gasteiger partial charge in [0.15, 0.2) is 5.82 Å². The van der Waals surface area contributed by atoms with E-state index in [0.717, 1.165) is 61.5 Å². The van der Waals surface area contributed by atoms with Crippen molar-refractivity contribution in [2.24, 2.45) is 0 Å². The van der Waals surface area contributed by atoms with Crippen molar-refractivity contribution in [2.75, 3.05) is 0 Å². The summed E-state index contributed by atoms with van der Waals surface area (Å²) >= 11 is 0. The molecule has 266 valence electrons. The summed E-state index contributed by atoms with van der Waals surface area (Å²) < 4.78 is 2.06. The fourth-order valence-corrected chi connectivity index (χ4v) is 6.95. The fourth-order valence-electron chi connectivity index (χ4n) is 6.95. The number of rotatable bonds is 6. The van der Waals surface area contributed by atoms with Crippen LogP contribution in [0.4, 0.5) is 0 Å². The Labute approximate surface area is 316 Å². The minimum absolute atomic E-state index is 0.139. The maximum absolute atomic E-state index is 11.9. The number of nitrogens with zero attached hydrogens (tertiary/aromatic N) is 5. The summed E-state index contributed by atoms with van der Waals surface area (Å²) in [5, 5.41) is 11.9. The van der Waals surface area contributed by atoms with Gasteiger partial charge in [0.05, 0.1) is 17.4 Å². The number of imidazole rings is 1. The van der Waals surface area contributed by atoms with Crippen molar-refractivity contribution in [1.82, 2.24) is 24.5 Å². The van der Waals surface area contributed by atoms with Crippen LogP contribution in [0.3, 0.4) is 0 Å². The topological polar surface area (TPSA) is 76.7 Å². The van der Waals surface area contributed by atoms with Gasteiger partial charge in [-0.3, -0.25) is 14.5 Å². The van der Waals surface area contributed by atoms with Gasteiger partial charge in [-0.15, -0.1) is 0 Å². The van der Waals surface area contributed by atoms with Gasteiger partial charge in [0.1, 0.15) is 17.0 Å². The minimum atomic E-state index is -0.324. The van der Waals surface area contributed by atoms with Gasteiger partial charge in [-0.2, -0.15) is 0 Å². The Bertz CT molecular complexity index is 2610. The zero-order chi connectivity index (χ0) is 37.6. The Morgan fingerprint density at radius 2 is 1.19 bits per heavy atom. The molecule has 0 atom stereocenters. The molecular weight excluding hydrogens is 663 g/mol. The molecule has 0 saturated carbocycles. The number of pyridine rings is 3. The van der Waals surface area contributed by atoms with E-state index in [1.54, 1.807) is 0 Å². The van der Waals surface area contributed by atoms with E-state index in [9.17, 15) is 5.11 Å². The lowest BCUT2D eigenvalue weighted by Gasteiger charge is -2.26. The Kier molecular flexibility index (Phi) is 8.69. The van der Waals surface area contributed by atoms with Crippen molar-refractivity contribution in [3.05, 3.63) is 157 Å². The molecule has 4 aromatic heterocycles. The van der Waals surface area contributed by atoms with Crippen LogP contribution in [0.15, 0.2) is 146 Å². The lowest BCUT2D eigenvalue weighted by Crippen LogP contribution is -2.19. The first-order valence-electron chi connectivity index (χ1n) is 18.4. The van der Waals surface area contributed by atoms with E-state index in [-0.39, 0.29) is 16.6 Å². The second kappa shape index (κ2) is 13.5. The summed E-state index contributed by atoms with van der Waals surface area (Å²) in [6.07, 6.45) is 5.58. The monoisotopic (exact) mass is 705 g/mol. The van der Waals surface area contributed by atoms with Gasteiger partial charge < -0.3 is 5.11 Å². The summed E-state index contributed by atoms with van der Waals surface area (Å²) in [4.78, 5) is 20.0. The predicted octanol–water partition coefficient (Wildman–Crippen LogP) is 11.8. The average molecular weight is 706 g/mol. The van der Waals surface area contributed by atoms with Crippen molar-refractivity contribution >= 4 is 11.0 Å². The molecular formula is C48H43N5O. The highest BCUT2D eigenvalue weighted by Crippen LogP contribution is 2.42. The minimum Gasteiger partial charge on any atom is -0.505 e. The predicted molar refractivity (Wildman–Crippen MR) is 221 cm³/mol. The van der Waals surface area contributed by atoms with Crippen molar-refractivity contribution in [1.29, 1.82) is 0 Å². The third-order valence-corrected chi connectivity index (χ3v) is 9.92. The summed E-state index contributed by atoms with van der Waals surface area (Å²) in [6.45, 7) is 12.8. The highest BCUT2D eigenvalue weighted by Gasteiger charge is 2.30. The third kappa shape index (κ3) is 6.56. The number of para-hydroxylation sites is 1. The summed E-state index contributed by atoms with van der Waals surface area (Å²) in [6, 6.07) is 43.8. The van der Waals surface area contributed by atoms with Crippen LogP contribution >= 0.6 is 0 Å². The van der Waals surface area contributed by atoms with Crippen molar-refractivity contribution < 1.29 is 5.11 Å². The lowest BCUT2D eigenvalue weighted by atomic mass is 9.82. The van der Waals surface area contributed by atoms with E-state index >= 15 is 0 Å². The molecule has 0 spiro atoms. The molecule has 4 heterocycles. The molecule has 54 heavy (non-hydrogen) atoms. The quantitative estimate of drug-likeness (QED) is 0.186. The zero-order valence-corrected chi connectivity index (χ0v) is 31.5. The van der Waals surface area contributed by atoms with E-state index in [1.165, 1.54) is 11.1 Å². The molecule has 0 aliphatic carbocycles. The zero-order valence-electron chi connectivity index (χ0n) is 31.5. The molecule has 1 N–H and O–H groups in total. The maximum Gasteiger partial charge on any atom is 0.168 e. The molecule has 6 nitrogen and oxygen atoms in total. The van der Waals surface area contributed by atoms with E-state index in [0.29, 0.717) is 11.5 Å². The normalized spacial score (nSPS) is 12.0. The van der Waals surface area contributed by atoms with Gasteiger partial charge in [0.25, 0.3) is 0 Å². The number of aromatic hydroxyl groups is 1. The Morgan fingerprint density at radius 3 is 1.87 bits per heavy atom. The largest absolute Gasteiger partial charge is 0.505 e. The molecule has 0 fully saturated rings. The SMILES string of the molecule is CC(C)(C)c1cc(C(C)(C)C)c(O)c(-c2nc3c(-c4cccc(-c5cc(-c6ccc(-c7ccccc7)cc6)ccn5)c4)cncc3n2-c2ccccc2)n1. The first kappa shape index (κ1) is 34.7. The van der Waals surface area contributed by atoms with Crippen LogP contribution in [0.25, 0.3) is 72.9 Å². The van der Waals surface area contributed by atoms with Crippen LogP contribution in [0, 0.1) is 0 Å². The molecule has 0 aliphatic rings. The number of hydrogen-bond donors (Lipinski definition) is 1. The van der Waals surface area contributed by atoms with Gasteiger partial charge in [-0.05, 0) is 69.6 Å². The van der Waals surface area contributed by atoms with E-state index in [4.69, 9.17) is 19.9 Å². The molecule has 0 radical (unpaired) electrons. The molecule has 0 unspecified atom stereocenters. The van der Waals surface area contributed by atoms with E-state index < -0.39 is 0 Å². The summed E-state index contributed by atoms with van der Waals surface area (Å²) in [5.74, 6) is 0.698. The molecule has 4 aromatic carbocycles. The van der Waals surface area contributed by atoms with Gasteiger partial charge in [-0.1, -0.05) is 133 Å². The lowest BCUT2D eigenvalue weighted by molar-refractivity contribution is 0.441. The number of aromatic nitrogens is 5. The Morgan fingerprint density at radius 1 is 0.556 bits per heavy atom. The molecule has 0 aliphatic heterocycles. The molecule has 0 amide bonds. The second-order valence-corrected chi connectivity index (χ2v) is 15.9. The number of hydrogen-bond acceptors (Lipinski definition) is 5. The third-order valence-electron chi connectivity index (χ3n) is 9.92. The summed E-state index contributed by atoms with van der Waals surface area (Å²) in [5.41, 5.74) is 12.4. The first-order valence-corrected chi connectivity index (χ1v) is 18.4. The smallest absolute Gasteiger partial charge is 0.168 e. The standard InChI is InChI=1S/C48H43N5O/c1-47(2,3)39-28-42(48(4,5)6)51-44(45(39)54)46-52-43-38(29-49-30-41(43)53(46)37-18-11-8-12-19-37)35-16-13-17-36(26-35)40-27-34(24-25-50-40)33-22-20-32(21-23-33)31-14-9-7-10-15-31/h7-30,54H,1-6H3. The van der Waals surface area contributed by atoms with Gasteiger partial charge >= 0.3 is 0 Å². The van der Waals surface area contributed by atoms with Crippen molar-refractivity contribution in [3.63, 3.8) is 0 Å². The highest BCUT2D eigenvalue weighted by atomic mass is 16.3.